The van der Waals surface area contributed by atoms with Gasteiger partial charge in [0.1, 0.15) is 23.9 Å². The van der Waals surface area contributed by atoms with E-state index in [4.69, 9.17) is 13.7 Å². The van der Waals surface area contributed by atoms with Crippen molar-refractivity contribution in [1.82, 2.24) is 15.5 Å². The molecule has 0 bridgehead atoms. The molecule has 7 heteroatoms. The number of ether oxygens (including phenoxy) is 1. The van der Waals surface area contributed by atoms with E-state index >= 15 is 0 Å². The highest BCUT2D eigenvalue weighted by molar-refractivity contribution is 5.92. The smallest absolute Gasteiger partial charge is 0.273 e. The topological polar surface area (TPSA) is 90.4 Å². The molecule has 3 aromatic heterocycles. The summed E-state index contributed by atoms with van der Waals surface area (Å²) >= 11 is 0. The molecule has 3 heterocycles. The predicted octanol–water partition coefficient (Wildman–Crippen LogP) is 3.63. The number of rotatable bonds is 6. The molecule has 0 aliphatic carbocycles. The Morgan fingerprint density at radius 1 is 1.15 bits per heavy atom. The van der Waals surface area contributed by atoms with Crippen LogP contribution in [0.25, 0.3) is 10.9 Å². The molecule has 27 heavy (non-hydrogen) atoms. The average Bonchev–Trinajstić information content (AvgIpc) is 3.33. The lowest BCUT2D eigenvalue weighted by Crippen LogP contribution is -2.22. The van der Waals surface area contributed by atoms with Gasteiger partial charge >= 0.3 is 0 Å². The number of furan rings is 1. The van der Waals surface area contributed by atoms with E-state index < -0.39 is 0 Å². The number of pyridine rings is 1. The Hall–Kier alpha value is -3.61. The zero-order valence-electron chi connectivity index (χ0n) is 14.6. The molecule has 0 radical (unpaired) electrons. The highest BCUT2D eigenvalue weighted by atomic mass is 16.5. The van der Waals surface area contributed by atoms with E-state index in [1.165, 1.54) is 0 Å². The van der Waals surface area contributed by atoms with Gasteiger partial charge in [0.15, 0.2) is 11.5 Å². The van der Waals surface area contributed by atoms with E-state index in [-0.39, 0.29) is 24.8 Å². The summed E-state index contributed by atoms with van der Waals surface area (Å²) in [5, 5.41) is 7.51. The van der Waals surface area contributed by atoms with Crippen LogP contribution in [0.2, 0.25) is 0 Å². The summed E-state index contributed by atoms with van der Waals surface area (Å²) in [4.78, 5) is 16.4. The zero-order valence-corrected chi connectivity index (χ0v) is 14.6. The van der Waals surface area contributed by atoms with Gasteiger partial charge in [-0.05, 0) is 43.3 Å². The van der Waals surface area contributed by atoms with Crippen LogP contribution in [-0.4, -0.2) is 16.0 Å². The van der Waals surface area contributed by atoms with Crippen molar-refractivity contribution < 1.29 is 18.5 Å². The van der Waals surface area contributed by atoms with E-state index in [0.717, 1.165) is 16.7 Å². The molecule has 1 aromatic carbocycles. The van der Waals surface area contributed by atoms with E-state index in [2.05, 4.69) is 15.5 Å². The molecule has 0 unspecified atom stereocenters. The summed E-state index contributed by atoms with van der Waals surface area (Å²) in [6.45, 7) is 2.31. The summed E-state index contributed by atoms with van der Waals surface area (Å²) in [7, 11) is 0. The minimum atomic E-state index is -0.337. The SMILES string of the molecule is Cc1ccc(CNC(=O)c2cc(COc3ccc4ncccc4c3)on2)o1. The molecule has 0 atom stereocenters. The van der Waals surface area contributed by atoms with Crippen molar-refractivity contribution in [2.24, 2.45) is 0 Å². The molecule has 7 nitrogen and oxygen atoms in total. The highest BCUT2D eigenvalue weighted by Crippen LogP contribution is 2.20. The average molecular weight is 363 g/mol. The first kappa shape index (κ1) is 16.8. The normalized spacial score (nSPS) is 10.9. The van der Waals surface area contributed by atoms with E-state index in [9.17, 15) is 4.79 Å². The number of carbonyl (C=O) groups is 1. The second-order valence-electron chi connectivity index (χ2n) is 6.02. The number of benzene rings is 1. The van der Waals surface area contributed by atoms with Gasteiger partial charge in [-0.2, -0.15) is 0 Å². The molecule has 4 rings (SSSR count). The quantitative estimate of drug-likeness (QED) is 0.562. The maximum atomic E-state index is 12.1. The van der Waals surface area contributed by atoms with E-state index in [0.29, 0.717) is 17.3 Å². The second kappa shape index (κ2) is 7.33. The lowest BCUT2D eigenvalue weighted by Gasteiger charge is -2.04. The van der Waals surface area contributed by atoms with Crippen LogP contribution in [0.4, 0.5) is 0 Å². The van der Waals surface area contributed by atoms with Gasteiger partial charge in [0.2, 0.25) is 0 Å². The number of hydrogen-bond acceptors (Lipinski definition) is 6. The van der Waals surface area contributed by atoms with Crippen molar-refractivity contribution in [2.75, 3.05) is 0 Å². The molecule has 136 valence electrons. The monoisotopic (exact) mass is 363 g/mol. The van der Waals surface area contributed by atoms with E-state index in [1.54, 1.807) is 12.3 Å². The number of carbonyl (C=O) groups excluding carboxylic acids is 1. The number of fused-ring (bicyclic) bond motifs is 1. The molecule has 0 saturated heterocycles. The molecule has 0 saturated carbocycles. The Kier molecular flexibility index (Phi) is 4.57. The number of amides is 1. The van der Waals surface area contributed by atoms with Crippen LogP contribution in [0.1, 0.15) is 27.8 Å². The lowest BCUT2D eigenvalue weighted by atomic mass is 10.2. The number of hydrogen-bond donors (Lipinski definition) is 1. The minimum Gasteiger partial charge on any atom is -0.486 e. The maximum Gasteiger partial charge on any atom is 0.273 e. The summed E-state index contributed by atoms with van der Waals surface area (Å²) in [5.74, 6) is 2.28. The van der Waals surface area contributed by atoms with Gasteiger partial charge in [-0.15, -0.1) is 0 Å². The summed E-state index contributed by atoms with van der Waals surface area (Å²) < 4.78 is 16.3. The van der Waals surface area contributed by atoms with Crippen molar-refractivity contribution in [1.29, 1.82) is 0 Å². The van der Waals surface area contributed by atoms with Crippen molar-refractivity contribution in [3.63, 3.8) is 0 Å². The number of aromatic nitrogens is 2. The summed E-state index contributed by atoms with van der Waals surface area (Å²) in [6.07, 6.45) is 1.75. The third-order valence-electron chi connectivity index (χ3n) is 3.97. The standard InChI is InChI=1S/C20H17N3O4/c1-13-4-5-16(26-13)11-22-20(24)19-10-17(27-23-19)12-25-15-6-7-18-14(9-15)3-2-8-21-18/h2-10H,11-12H2,1H3,(H,22,24). The Morgan fingerprint density at radius 3 is 2.93 bits per heavy atom. The van der Waals surface area contributed by atoms with Crippen LogP contribution in [0.3, 0.4) is 0 Å². The first-order valence-electron chi connectivity index (χ1n) is 8.44. The van der Waals surface area contributed by atoms with Crippen LogP contribution < -0.4 is 10.1 Å². The summed E-state index contributed by atoms with van der Waals surface area (Å²) in [5.41, 5.74) is 1.09. The van der Waals surface area contributed by atoms with E-state index in [1.807, 2.05) is 49.4 Å². The fourth-order valence-corrected chi connectivity index (χ4v) is 2.62. The van der Waals surface area contributed by atoms with Crippen LogP contribution in [-0.2, 0) is 13.2 Å². The van der Waals surface area contributed by atoms with Gasteiger partial charge in [0, 0.05) is 17.6 Å². The molecule has 1 N–H and O–H groups in total. The largest absolute Gasteiger partial charge is 0.486 e. The molecule has 0 spiro atoms. The first-order chi connectivity index (χ1) is 13.2. The number of aryl methyl sites for hydroxylation is 1. The third kappa shape index (κ3) is 3.98. The van der Waals surface area contributed by atoms with Gasteiger partial charge in [0.05, 0.1) is 12.1 Å². The van der Waals surface area contributed by atoms with Crippen LogP contribution in [0.5, 0.6) is 5.75 Å². The van der Waals surface area contributed by atoms with Gasteiger partial charge in [-0.3, -0.25) is 9.78 Å². The predicted molar refractivity (Wildman–Crippen MR) is 97.2 cm³/mol. The lowest BCUT2D eigenvalue weighted by molar-refractivity contribution is 0.0938. The Labute approximate surface area is 154 Å². The second-order valence-corrected chi connectivity index (χ2v) is 6.02. The molecule has 0 aliphatic heterocycles. The van der Waals surface area contributed by atoms with Crippen LogP contribution in [0.15, 0.2) is 63.7 Å². The maximum absolute atomic E-state index is 12.1. The summed E-state index contributed by atoms with van der Waals surface area (Å²) in [6, 6.07) is 14.7. The Bertz CT molecular complexity index is 1080. The third-order valence-corrected chi connectivity index (χ3v) is 3.97. The van der Waals surface area contributed by atoms with Gasteiger partial charge in [0.25, 0.3) is 5.91 Å². The fraction of sp³-hybridized carbons (Fsp3) is 0.150. The van der Waals surface area contributed by atoms with Gasteiger partial charge in [-0.1, -0.05) is 11.2 Å². The minimum absolute atomic E-state index is 0.170. The van der Waals surface area contributed by atoms with Crippen LogP contribution in [0, 0.1) is 6.92 Å². The van der Waals surface area contributed by atoms with Gasteiger partial charge in [-0.25, -0.2) is 0 Å². The molecule has 1 amide bonds. The molecular weight excluding hydrogens is 346 g/mol. The Morgan fingerprint density at radius 2 is 2.07 bits per heavy atom. The Balaban J connectivity index is 1.34. The van der Waals surface area contributed by atoms with Crippen molar-refractivity contribution >= 4 is 16.8 Å². The molecule has 4 aromatic rings. The molecule has 0 fully saturated rings. The number of nitrogens with one attached hydrogen (secondary N) is 1. The zero-order chi connectivity index (χ0) is 18.6. The van der Waals surface area contributed by atoms with Gasteiger partial charge < -0.3 is 19.0 Å². The van der Waals surface area contributed by atoms with Crippen molar-refractivity contribution in [3.8, 4) is 5.75 Å². The highest BCUT2D eigenvalue weighted by Gasteiger charge is 2.13. The molecular formula is C20H17N3O4. The fourth-order valence-electron chi connectivity index (χ4n) is 2.62. The number of nitrogens with zero attached hydrogens (tertiary/aromatic N) is 2. The first-order valence-corrected chi connectivity index (χ1v) is 8.44. The molecule has 0 aliphatic rings. The van der Waals surface area contributed by atoms with Crippen LogP contribution >= 0.6 is 0 Å². The van der Waals surface area contributed by atoms with Crippen molar-refractivity contribution in [3.05, 3.63) is 77.7 Å². The van der Waals surface area contributed by atoms with Crippen molar-refractivity contribution in [2.45, 2.75) is 20.1 Å².